The zero-order valence-corrected chi connectivity index (χ0v) is 13.9. The molecule has 1 fully saturated rings. The predicted octanol–water partition coefficient (Wildman–Crippen LogP) is 2.41. The fourth-order valence-corrected chi connectivity index (χ4v) is 4.88. The number of benzene rings is 1. The van der Waals surface area contributed by atoms with Crippen LogP contribution in [-0.4, -0.2) is 31.4 Å². The van der Waals surface area contributed by atoms with Crippen LogP contribution in [0.2, 0.25) is 0 Å². The van der Waals surface area contributed by atoms with Crippen molar-refractivity contribution in [1.29, 1.82) is 0 Å². The first-order chi connectivity index (χ1) is 10.6. The molecule has 0 aliphatic carbocycles. The van der Waals surface area contributed by atoms with E-state index in [1.165, 1.54) is 11.3 Å². The van der Waals surface area contributed by atoms with Gasteiger partial charge in [-0.05, 0) is 13.3 Å². The molecule has 0 radical (unpaired) electrons. The van der Waals surface area contributed by atoms with Crippen LogP contribution < -0.4 is 4.72 Å². The molecule has 2 heterocycles. The maximum Gasteiger partial charge on any atom is 0.217 e. The number of hydrogen-bond acceptors (Lipinski definition) is 5. The zero-order valence-electron chi connectivity index (χ0n) is 12.2. The summed E-state index contributed by atoms with van der Waals surface area (Å²) < 4.78 is 32.5. The van der Waals surface area contributed by atoms with Gasteiger partial charge in [0.05, 0.1) is 18.3 Å². The molecule has 0 bridgehead atoms. The summed E-state index contributed by atoms with van der Waals surface area (Å²) in [6.07, 6.45) is 0.288. The molecule has 1 aliphatic heterocycles. The molecule has 1 saturated heterocycles. The average molecular weight is 338 g/mol. The normalized spacial score (nSPS) is 22.0. The van der Waals surface area contributed by atoms with E-state index in [1.54, 1.807) is 6.92 Å². The minimum atomic E-state index is -3.37. The van der Waals surface area contributed by atoms with E-state index in [1.807, 2.05) is 35.7 Å². The van der Waals surface area contributed by atoms with Gasteiger partial charge in [-0.2, -0.15) is 0 Å². The van der Waals surface area contributed by atoms with Gasteiger partial charge < -0.3 is 4.74 Å². The van der Waals surface area contributed by atoms with Crippen LogP contribution in [0.3, 0.4) is 0 Å². The van der Waals surface area contributed by atoms with E-state index in [2.05, 4.69) is 9.71 Å². The third-order valence-electron chi connectivity index (χ3n) is 3.73. The molecule has 2 atom stereocenters. The van der Waals surface area contributed by atoms with Crippen LogP contribution in [0.5, 0.6) is 0 Å². The summed E-state index contributed by atoms with van der Waals surface area (Å²) in [6, 6.07) is 9.85. The maximum atomic E-state index is 12.3. The Bertz CT molecular complexity index is 728. The number of aromatic nitrogens is 1. The largest absolute Gasteiger partial charge is 0.377 e. The fraction of sp³-hybridized carbons (Fsp3) is 0.400. The third-order valence-corrected chi connectivity index (χ3v) is 6.64. The summed E-state index contributed by atoms with van der Waals surface area (Å²) in [5.41, 5.74) is 1.78. The predicted molar refractivity (Wildman–Crippen MR) is 87.1 cm³/mol. The molecule has 118 valence electrons. The van der Waals surface area contributed by atoms with E-state index >= 15 is 0 Å². The molecule has 0 amide bonds. The number of hydrogen-bond donors (Lipinski definition) is 1. The van der Waals surface area contributed by atoms with Crippen molar-refractivity contribution < 1.29 is 13.2 Å². The minimum absolute atomic E-state index is 0.217. The van der Waals surface area contributed by atoms with Gasteiger partial charge in [0.15, 0.2) is 0 Å². The van der Waals surface area contributed by atoms with Crippen molar-refractivity contribution >= 4 is 21.4 Å². The van der Waals surface area contributed by atoms with Crippen molar-refractivity contribution in [2.75, 3.05) is 6.61 Å². The lowest BCUT2D eigenvalue weighted by molar-refractivity contribution is 0.126. The van der Waals surface area contributed by atoms with Crippen LogP contribution in [0.15, 0.2) is 35.7 Å². The number of rotatable bonds is 5. The Morgan fingerprint density at radius 2 is 2.14 bits per heavy atom. The highest BCUT2D eigenvalue weighted by Gasteiger charge is 2.35. The molecule has 0 unspecified atom stereocenters. The average Bonchev–Trinajstić information content (AvgIpc) is 3.15. The summed E-state index contributed by atoms with van der Waals surface area (Å²) in [5.74, 6) is 0. The Hall–Kier alpha value is -1.28. The Morgan fingerprint density at radius 1 is 1.36 bits per heavy atom. The van der Waals surface area contributed by atoms with E-state index in [0.29, 0.717) is 13.0 Å². The van der Waals surface area contributed by atoms with Gasteiger partial charge in [-0.1, -0.05) is 30.3 Å². The Morgan fingerprint density at radius 3 is 2.82 bits per heavy atom. The molecule has 5 nitrogen and oxygen atoms in total. The number of nitrogens with zero attached hydrogens (tertiary/aromatic N) is 1. The van der Waals surface area contributed by atoms with Crippen molar-refractivity contribution in [2.45, 2.75) is 31.2 Å². The summed E-state index contributed by atoms with van der Waals surface area (Å²) in [5, 5.41) is 2.31. The molecule has 22 heavy (non-hydrogen) atoms. The summed E-state index contributed by atoms with van der Waals surface area (Å²) in [4.78, 5) is 4.49. The number of sulfonamides is 1. The smallest absolute Gasteiger partial charge is 0.217 e. The highest BCUT2D eigenvalue weighted by Crippen LogP contribution is 2.24. The highest BCUT2D eigenvalue weighted by atomic mass is 32.2. The molecule has 0 saturated carbocycles. The van der Waals surface area contributed by atoms with Gasteiger partial charge in [0, 0.05) is 17.6 Å². The molecule has 1 aliphatic rings. The summed E-state index contributed by atoms with van der Waals surface area (Å²) in [7, 11) is -3.37. The van der Waals surface area contributed by atoms with Crippen LogP contribution in [0.4, 0.5) is 0 Å². The molecule has 1 N–H and O–H groups in total. The van der Waals surface area contributed by atoms with E-state index in [9.17, 15) is 8.42 Å². The lowest BCUT2D eigenvalue weighted by Crippen LogP contribution is -2.37. The fourth-order valence-electron chi connectivity index (χ4n) is 2.50. The molecule has 7 heteroatoms. The van der Waals surface area contributed by atoms with Crippen molar-refractivity contribution in [3.05, 3.63) is 41.4 Å². The number of ether oxygens (including phenoxy) is 1. The number of thiazole rings is 1. The van der Waals surface area contributed by atoms with Crippen LogP contribution in [0.1, 0.15) is 19.0 Å². The number of nitrogens with one attached hydrogen (secondary N) is 1. The first-order valence-electron chi connectivity index (χ1n) is 7.16. The van der Waals surface area contributed by atoms with Crippen molar-refractivity contribution in [2.24, 2.45) is 0 Å². The lowest BCUT2D eigenvalue weighted by atomic mass is 10.2. The molecule has 1 aromatic carbocycles. The van der Waals surface area contributed by atoms with Gasteiger partial charge in [-0.15, -0.1) is 11.3 Å². The van der Waals surface area contributed by atoms with Crippen LogP contribution in [0, 0.1) is 0 Å². The minimum Gasteiger partial charge on any atom is -0.377 e. The second kappa shape index (κ2) is 6.45. The molecule has 3 rings (SSSR count). The van der Waals surface area contributed by atoms with Crippen molar-refractivity contribution in [1.82, 2.24) is 9.71 Å². The van der Waals surface area contributed by atoms with Gasteiger partial charge in [0.25, 0.3) is 0 Å². The van der Waals surface area contributed by atoms with Gasteiger partial charge in [0.2, 0.25) is 10.0 Å². The zero-order chi connectivity index (χ0) is 15.6. The van der Waals surface area contributed by atoms with E-state index in [4.69, 9.17) is 4.74 Å². The van der Waals surface area contributed by atoms with Crippen LogP contribution in [0.25, 0.3) is 10.6 Å². The van der Waals surface area contributed by atoms with Crippen molar-refractivity contribution in [3.63, 3.8) is 0 Å². The maximum absolute atomic E-state index is 12.3. The summed E-state index contributed by atoms with van der Waals surface area (Å²) >= 11 is 1.52. The molecule has 0 spiro atoms. The topological polar surface area (TPSA) is 68.3 Å². The third kappa shape index (κ3) is 3.38. The van der Waals surface area contributed by atoms with E-state index in [0.717, 1.165) is 16.3 Å². The quantitative estimate of drug-likeness (QED) is 0.909. The Kier molecular flexibility index (Phi) is 4.58. The first kappa shape index (κ1) is 15.6. The monoisotopic (exact) mass is 338 g/mol. The van der Waals surface area contributed by atoms with E-state index < -0.39 is 15.3 Å². The van der Waals surface area contributed by atoms with Gasteiger partial charge in [-0.25, -0.2) is 18.1 Å². The second-order valence-electron chi connectivity index (χ2n) is 5.28. The summed E-state index contributed by atoms with van der Waals surface area (Å²) in [6.45, 7) is 2.52. The SMILES string of the molecule is C[C@H]1OCC[C@H]1S(=O)(=O)NCc1csc(-c2ccccc2)n1. The Labute approximate surface area is 134 Å². The molecule has 1 aromatic heterocycles. The van der Waals surface area contributed by atoms with Gasteiger partial charge in [0.1, 0.15) is 10.3 Å². The second-order valence-corrected chi connectivity index (χ2v) is 8.12. The van der Waals surface area contributed by atoms with Gasteiger partial charge in [-0.3, -0.25) is 0 Å². The first-order valence-corrected chi connectivity index (χ1v) is 9.59. The Balaban J connectivity index is 1.66. The van der Waals surface area contributed by atoms with Crippen molar-refractivity contribution in [3.8, 4) is 10.6 Å². The lowest BCUT2D eigenvalue weighted by Gasteiger charge is -2.15. The molecular formula is C15H18N2O3S2. The van der Waals surface area contributed by atoms with Crippen LogP contribution >= 0.6 is 11.3 Å². The molecular weight excluding hydrogens is 320 g/mol. The highest BCUT2D eigenvalue weighted by molar-refractivity contribution is 7.90. The van der Waals surface area contributed by atoms with E-state index in [-0.39, 0.29) is 12.6 Å². The van der Waals surface area contributed by atoms with Gasteiger partial charge >= 0.3 is 0 Å². The van der Waals surface area contributed by atoms with Crippen LogP contribution in [-0.2, 0) is 21.3 Å². The molecule has 2 aromatic rings. The standard InChI is InChI=1S/C15H18N2O3S2/c1-11-14(7-8-20-11)22(18,19)16-9-13-10-21-15(17-13)12-5-3-2-4-6-12/h2-6,10-11,14,16H,7-9H2,1H3/t11-,14-/m1/s1.